The van der Waals surface area contributed by atoms with Gasteiger partial charge in [0.05, 0.1) is 6.04 Å². The summed E-state index contributed by atoms with van der Waals surface area (Å²) in [5.74, 6) is 0.837. The van der Waals surface area contributed by atoms with E-state index in [1.54, 1.807) is 0 Å². The van der Waals surface area contributed by atoms with Gasteiger partial charge < -0.3 is 15.4 Å². The number of halogens is 1. The normalized spacial score (nSPS) is 18.1. The summed E-state index contributed by atoms with van der Waals surface area (Å²) >= 11 is 8.44. The molecule has 7 heteroatoms. The molecule has 1 saturated heterocycles. The van der Waals surface area contributed by atoms with Gasteiger partial charge >= 0.3 is 0 Å². The number of guanidine groups is 1. The van der Waals surface area contributed by atoms with Gasteiger partial charge in [-0.15, -0.1) is 0 Å². The van der Waals surface area contributed by atoms with Gasteiger partial charge in [0.2, 0.25) is 0 Å². The van der Waals surface area contributed by atoms with E-state index in [0.717, 1.165) is 68.8 Å². The summed E-state index contributed by atoms with van der Waals surface area (Å²) in [5.41, 5.74) is 1.15. The van der Waals surface area contributed by atoms with Crippen molar-refractivity contribution in [2.75, 3.05) is 52.7 Å². The largest absolute Gasteiger partial charge is 0.381 e. The van der Waals surface area contributed by atoms with E-state index in [1.807, 2.05) is 30.9 Å². The van der Waals surface area contributed by atoms with Crippen molar-refractivity contribution in [3.8, 4) is 0 Å². The molecule has 0 aromatic heterocycles. The Balaban J connectivity index is 2.02. The molecule has 1 aromatic carbocycles. The molecule has 0 bridgehead atoms. The van der Waals surface area contributed by atoms with Crippen molar-refractivity contribution in [1.29, 1.82) is 0 Å². The SMILES string of the molecule is CCN(CC)C(CNC(=NC)NCC1(SC)CCOCC1)c1ccccc1Cl. The molecule has 1 unspecified atom stereocenters. The van der Waals surface area contributed by atoms with Crippen molar-refractivity contribution in [2.45, 2.75) is 37.5 Å². The number of benzene rings is 1. The Morgan fingerprint density at radius 2 is 1.93 bits per heavy atom. The Morgan fingerprint density at radius 1 is 1.25 bits per heavy atom. The highest BCUT2D eigenvalue weighted by Gasteiger charge is 2.32. The van der Waals surface area contributed by atoms with Gasteiger partial charge in [0.15, 0.2) is 5.96 Å². The Kier molecular flexibility index (Phi) is 9.92. The van der Waals surface area contributed by atoms with Crippen molar-refractivity contribution in [3.05, 3.63) is 34.9 Å². The Hall–Kier alpha value is -0.950. The average Bonchev–Trinajstić information content (AvgIpc) is 2.74. The van der Waals surface area contributed by atoms with Crippen LogP contribution in [0.15, 0.2) is 29.3 Å². The standard InChI is InChI=1S/C21H35ClN4OS/c1-5-26(6-2)19(17-9-7-8-10-18(17)22)15-24-20(23-3)25-16-21(28-4)11-13-27-14-12-21/h7-10,19H,5-6,11-16H2,1-4H3,(H2,23,24,25). The van der Waals surface area contributed by atoms with Gasteiger partial charge in [-0.2, -0.15) is 11.8 Å². The molecule has 28 heavy (non-hydrogen) atoms. The molecule has 1 aliphatic rings. The summed E-state index contributed by atoms with van der Waals surface area (Å²) in [7, 11) is 1.83. The maximum Gasteiger partial charge on any atom is 0.191 e. The van der Waals surface area contributed by atoms with E-state index >= 15 is 0 Å². The summed E-state index contributed by atoms with van der Waals surface area (Å²) < 4.78 is 5.76. The molecule has 1 aliphatic heterocycles. The van der Waals surface area contributed by atoms with Gasteiger partial charge in [0, 0.05) is 43.1 Å². The Labute approximate surface area is 179 Å². The smallest absolute Gasteiger partial charge is 0.191 e. The number of aliphatic imine (C=N–C) groups is 1. The van der Waals surface area contributed by atoms with E-state index < -0.39 is 0 Å². The number of hydrogen-bond acceptors (Lipinski definition) is 4. The van der Waals surface area contributed by atoms with Gasteiger partial charge in [-0.3, -0.25) is 9.89 Å². The Bertz CT molecular complexity index is 618. The quantitative estimate of drug-likeness (QED) is 0.464. The van der Waals surface area contributed by atoms with Crippen molar-refractivity contribution < 1.29 is 4.74 Å². The van der Waals surface area contributed by atoms with Gasteiger partial charge in [-0.1, -0.05) is 43.6 Å². The zero-order valence-electron chi connectivity index (χ0n) is 17.6. The van der Waals surface area contributed by atoms with Crippen LogP contribution in [0.4, 0.5) is 0 Å². The third-order valence-electron chi connectivity index (χ3n) is 5.62. The fraction of sp³-hybridized carbons (Fsp3) is 0.667. The molecule has 1 aromatic rings. The predicted molar refractivity (Wildman–Crippen MR) is 123 cm³/mol. The first-order valence-corrected chi connectivity index (χ1v) is 11.7. The molecule has 0 radical (unpaired) electrons. The van der Waals surface area contributed by atoms with Crippen molar-refractivity contribution >= 4 is 29.3 Å². The molecule has 1 heterocycles. The second kappa shape index (κ2) is 11.9. The molecule has 0 aliphatic carbocycles. The fourth-order valence-electron chi connectivity index (χ4n) is 3.70. The van der Waals surface area contributed by atoms with Crippen LogP contribution in [0.25, 0.3) is 0 Å². The van der Waals surface area contributed by atoms with Gasteiger partial charge in [-0.25, -0.2) is 0 Å². The zero-order chi connectivity index (χ0) is 20.4. The summed E-state index contributed by atoms with van der Waals surface area (Å²) in [6.45, 7) is 9.63. The van der Waals surface area contributed by atoms with Gasteiger partial charge in [0.25, 0.3) is 0 Å². The number of ether oxygens (including phenoxy) is 1. The number of hydrogen-bond donors (Lipinski definition) is 2. The second-order valence-electron chi connectivity index (χ2n) is 7.06. The van der Waals surface area contributed by atoms with E-state index in [9.17, 15) is 0 Å². The van der Waals surface area contributed by atoms with Crippen LogP contribution in [0.3, 0.4) is 0 Å². The maximum atomic E-state index is 6.51. The highest BCUT2D eigenvalue weighted by Crippen LogP contribution is 2.33. The van der Waals surface area contributed by atoms with Crippen LogP contribution in [-0.2, 0) is 4.74 Å². The Morgan fingerprint density at radius 3 is 2.50 bits per heavy atom. The topological polar surface area (TPSA) is 48.9 Å². The van der Waals surface area contributed by atoms with E-state index in [4.69, 9.17) is 16.3 Å². The number of nitrogens with zero attached hydrogens (tertiary/aromatic N) is 2. The van der Waals surface area contributed by atoms with Crippen LogP contribution in [0.5, 0.6) is 0 Å². The third-order valence-corrected chi connectivity index (χ3v) is 7.38. The van der Waals surface area contributed by atoms with Gasteiger partial charge in [-0.05, 0) is 43.8 Å². The molecule has 1 fully saturated rings. The maximum absolute atomic E-state index is 6.51. The van der Waals surface area contributed by atoms with Gasteiger partial charge in [0.1, 0.15) is 0 Å². The zero-order valence-corrected chi connectivity index (χ0v) is 19.2. The van der Waals surface area contributed by atoms with Crippen LogP contribution in [0.1, 0.15) is 38.3 Å². The fourth-order valence-corrected chi connectivity index (χ4v) is 4.75. The summed E-state index contributed by atoms with van der Waals surface area (Å²) in [6.07, 6.45) is 4.33. The predicted octanol–water partition coefficient (Wildman–Crippen LogP) is 3.80. The summed E-state index contributed by atoms with van der Waals surface area (Å²) in [6, 6.07) is 8.31. The minimum Gasteiger partial charge on any atom is -0.381 e. The first-order valence-electron chi connectivity index (χ1n) is 10.1. The number of thioether (sulfide) groups is 1. The van der Waals surface area contributed by atoms with Crippen LogP contribution in [-0.4, -0.2) is 68.3 Å². The van der Waals surface area contributed by atoms with E-state index in [2.05, 4.69) is 52.8 Å². The lowest BCUT2D eigenvalue weighted by atomic mass is 9.99. The van der Waals surface area contributed by atoms with Crippen LogP contribution in [0, 0.1) is 0 Å². The van der Waals surface area contributed by atoms with Crippen molar-refractivity contribution in [2.24, 2.45) is 4.99 Å². The molecule has 0 amide bonds. The minimum absolute atomic E-state index is 0.194. The first-order chi connectivity index (χ1) is 13.6. The second-order valence-corrected chi connectivity index (χ2v) is 8.75. The molecular weight excluding hydrogens is 392 g/mol. The highest BCUT2D eigenvalue weighted by molar-refractivity contribution is 8.00. The molecule has 1 atom stereocenters. The monoisotopic (exact) mass is 426 g/mol. The van der Waals surface area contributed by atoms with Crippen molar-refractivity contribution in [1.82, 2.24) is 15.5 Å². The lowest BCUT2D eigenvalue weighted by Crippen LogP contribution is -2.49. The van der Waals surface area contributed by atoms with Crippen LogP contribution < -0.4 is 10.6 Å². The molecule has 5 nitrogen and oxygen atoms in total. The molecule has 2 N–H and O–H groups in total. The molecule has 0 spiro atoms. The average molecular weight is 427 g/mol. The third kappa shape index (κ3) is 6.28. The summed E-state index contributed by atoms with van der Waals surface area (Å²) in [4.78, 5) is 6.86. The van der Waals surface area contributed by atoms with Crippen LogP contribution in [0.2, 0.25) is 5.02 Å². The van der Waals surface area contributed by atoms with E-state index in [1.165, 1.54) is 0 Å². The molecular formula is C21H35ClN4OS. The molecule has 158 valence electrons. The minimum atomic E-state index is 0.194. The van der Waals surface area contributed by atoms with Crippen molar-refractivity contribution in [3.63, 3.8) is 0 Å². The molecule has 0 saturated carbocycles. The first kappa shape index (κ1) is 23.3. The highest BCUT2D eigenvalue weighted by atomic mass is 35.5. The number of rotatable bonds is 9. The molecule has 2 rings (SSSR count). The number of likely N-dealkylation sites (N-methyl/N-ethyl adjacent to an activating group) is 1. The van der Waals surface area contributed by atoms with E-state index in [0.29, 0.717) is 0 Å². The lowest BCUT2D eigenvalue weighted by Gasteiger charge is -2.36. The summed E-state index contributed by atoms with van der Waals surface area (Å²) in [5, 5.41) is 7.87. The number of nitrogens with one attached hydrogen (secondary N) is 2. The van der Waals surface area contributed by atoms with E-state index in [-0.39, 0.29) is 10.8 Å². The lowest BCUT2D eigenvalue weighted by molar-refractivity contribution is 0.0782. The van der Waals surface area contributed by atoms with Crippen LogP contribution >= 0.6 is 23.4 Å².